The van der Waals surface area contributed by atoms with Gasteiger partial charge in [0, 0.05) is 6.42 Å². The van der Waals surface area contributed by atoms with Crippen molar-refractivity contribution in [1.29, 1.82) is 0 Å². The van der Waals surface area contributed by atoms with Crippen LogP contribution in [0.2, 0.25) is 0 Å². The van der Waals surface area contributed by atoms with E-state index in [4.69, 9.17) is 13.8 Å². The van der Waals surface area contributed by atoms with Crippen LogP contribution in [0.1, 0.15) is 264 Å². The first kappa shape index (κ1) is 60.2. The zero-order valence-corrected chi connectivity index (χ0v) is 42.0. The highest BCUT2D eigenvalue weighted by Gasteiger charge is 2.17. The molecule has 0 fully saturated rings. The van der Waals surface area contributed by atoms with Gasteiger partial charge in [0.05, 0.1) is 27.7 Å². The van der Waals surface area contributed by atoms with Gasteiger partial charge >= 0.3 is 5.97 Å². The third kappa shape index (κ3) is 51.8. The van der Waals surface area contributed by atoms with Gasteiger partial charge in [-0.2, -0.15) is 0 Å². The van der Waals surface area contributed by atoms with Crippen LogP contribution in [-0.2, 0) is 23.1 Å². The fraction of sp³-hybridized carbons (Fsp3) is 0.942. The van der Waals surface area contributed by atoms with Crippen molar-refractivity contribution in [3.05, 3.63) is 12.2 Å². The molecule has 0 heterocycles. The average molecular weight is 886 g/mol. The molecule has 0 rings (SSSR count). The van der Waals surface area contributed by atoms with Crippen molar-refractivity contribution in [2.45, 2.75) is 270 Å². The Morgan fingerprint density at radius 1 is 0.508 bits per heavy atom. The molecule has 0 aromatic rings. The summed E-state index contributed by atoms with van der Waals surface area (Å²) in [7, 11) is 1.26. The third-order valence-electron chi connectivity index (χ3n) is 12.0. The molecule has 0 aliphatic rings. The number of ether oxygens (including phenoxy) is 1. The lowest BCUT2D eigenvalue weighted by Gasteiger charge is -2.27. The highest BCUT2D eigenvalue weighted by molar-refractivity contribution is 7.45. The summed E-state index contributed by atoms with van der Waals surface area (Å²) in [5.41, 5.74) is 0. The molecule has 2 unspecified atom stereocenters. The maximum Gasteiger partial charge on any atom is 0.305 e. The third-order valence-corrected chi connectivity index (χ3v) is 13.0. The van der Waals surface area contributed by atoms with Crippen LogP contribution in [0.4, 0.5) is 0 Å². The van der Waals surface area contributed by atoms with E-state index in [9.17, 15) is 19.4 Å². The van der Waals surface area contributed by atoms with Gasteiger partial charge in [0.1, 0.15) is 25.9 Å². The summed E-state index contributed by atoms with van der Waals surface area (Å²) in [6.45, 7) is 1.99. The Morgan fingerprint density at radius 2 is 0.820 bits per heavy atom. The van der Waals surface area contributed by atoms with E-state index < -0.39 is 20.5 Å². The number of rotatable bonds is 50. The molecule has 0 aliphatic carbocycles. The van der Waals surface area contributed by atoms with Crippen LogP contribution in [0, 0.1) is 0 Å². The lowest BCUT2D eigenvalue weighted by molar-refractivity contribution is -0.870. The van der Waals surface area contributed by atoms with Crippen LogP contribution in [-0.4, -0.2) is 69.2 Å². The van der Waals surface area contributed by atoms with Crippen molar-refractivity contribution in [2.75, 3.05) is 47.5 Å². The maximum atomic E-state index is 12.0. The molecular formula is C52H104NO7P. The molecule has 61 heavy (non-hydrogen) atoms. The normalized spacial score (nSPS) is 13.6. The first-order valence-corrected chi connectivity index (χ1v) is 27.9. The van der Waals surface area contributed by atoms with E-state index in [2.05, 4.69) is 19.1 Å². The topological polar surface area (TPSA) is 105 Å². The number of allylic oxidation sites excluding steroid dienone is 2. The number of phosphoric ester groups is 1. The quantitative estimate of drug-likeness (QED) is 0.0213. The van der Waals surface area contributed by atoms with Crippen LogP contribution in [0.5, 0.6) is 0 Å². The van der Waals surface area contributed by atoms with Gasteiger partial charge in [-0.15, -0.1) is 0 Å². The molecule has 8 nitrogen and oxygen atoms in total. The van der Waals surface area contributed by atoms with Gasteiger partial charge in [-0.05, 0) is 32.1 Å². The summed E-state index contributed by atoms with van der Waals surface area (Å²) in [4.78, 5) is 23.8. The van der Waals surface area contributed by atoms with E-state index in [0.29, 0.717) is 17.4 Å². The fourth-order valence-electron chi connectivity index (χ4n) is 7.89. The van der Waals surface area contributed by atoms with Crippen molar-refractivity contribution in [2.24, 2.45) is 0 Å². The molecule has 0 spiro atoms. The number of unbranched alkanes of at least 4 members (excludes halogenated alkanes) is 37. The number of esters is 1. The number of hydrogen-bond donors (Lipinski definition) is 1. The Morgan fingerprint density at radius 3 is 1.15 bits per heavy atom. The molecule has 0 aromatic heterocycles. The number of quaternary nitrogens is 1. The molecular weight excluding hydrogens is 782 g/mol. The van der Waals surface area contributed by atoms with Crippen molar-refractivity contribution in [3.8, 4) is 0 Å². The van der Waals surface area contributed by atoms with Crippen LogP contribution in [0.3, 0.4) is 0 Å². The SMILES string of the molecule is CCCCCCCCCC/C=C\CCCCCCCCCCCCCCCCCCCCCCCCCCCCCCCC(=O)OCC(O)COP(=O)([O-])OCC[N+](C)(C)C. The molecule has 0 bridgehead atoms. The predicted octanol–water partition coefficient (Wildman–Crippen LogP) is 15.3. The standard InChI is InChI=1S/C52H104NO7P/c1-5-6-7-8-9-10-11-12-13-14-15-16-17-18-19-20-21-22-23-24-25-26-27-28-29-30-31-32-33-34-35-36-37-38-39-40-41-42-43-44-45-46-52(55)58-49-51(54)50-60-61(56,57)59-48-47-53(2,3)4/h14-15,51,54H,5-13,16-50H2,1-4H3/b15-14-. The first-order chi connectivity index (χ1) is 29.6. The number of carbonyl (C=O) groups excluding carboxylic acids is 1. The number of hydrogen-bond acceptors (Lipinski definition) is 7. The second kappa shape index (κ2) is 45.8. The molecule has 1 N–H and O–H groups in total. The Bertz CT molecular complexity index is 987. The van der Waals surface area contributed by atoms with Crippen molar-refractivity contribution >= 4 is 13.8 Å². The lowest BCUT2D eigenvalue weighted by Crippen LogP contribution is -2.37. The molecule has 2 atom stereocenters. The monoisotopic (exact) mass is 886 g/mol. The van der Waals surface area contributed by atoms with Gasteiger partial charge in [0.15, 0.2) is 0 Å². The minimum atomic E-state index is -4.50. The van der Waals surface area contributed by atoms with E-state index in [1.807, 2.05) is 21.1 Å². The lowest BCUT2D eigenvalue weighted by atomic mass is 10.0. The number of aliphatic hydroxyl groups excluding tert-OH is 1. The fourth-order valence-corrected chi connectivity index (χ4v) is 8.62. The minimum Gasteiger partial charge on any atom is -0.756 e. The zero-order valence-electron chi connectivity index (χ0n) is 41.1. The Kier molecular flexibility index (Phi) is 45.2. The first-order valence-electron chi connectivity index (χ1n) is 26.4. The molecule has 364 valence electrons. The molecule has 0 saturated heterocycles. The van der Waals surface area contributed by atoms with Gasteiger partial charge in [-0.1, -0.05) is 237 Å². The summed E-state index contributed by atoms with van der Waals surface area (Å²) in [6, 6.07) is 0. The van der Waals surface area contributed by atoms with Gasteiger partial charge < -0.3 is 28.3 Å². The zero-order chi connectivity index (χ0) is 44.8. The summed E-state index contributed by atoms with van der Waals surface area (Å²) >= 11 is 0. The molecule has 0 aliphatic heterocycles. The van der Waals surface area contributed by atoms with Crippen molar-refractivity contribution in [1.82, 2.24) is 0 Å². The smallest absolute Gasteiger partial charge is 0.305 e. The summed E-state index contributed by atoms with van der Waals surface area (Å²) in [5.74, 6) is -0.380. The number of likely N-dealkylation sites (N-methyl/N-ethyl adjacent to an activating group) is 1. The molecule has 0 amide bonds. The van der Waals surface area contributed by atoms with E-state index >= 15 is 0 Å². The number of aliphatic hydroxyl groups is 1. The molecule has 0 saturated carbocycles. The van der Waals surface area contributed by atoms with Gasteiger partial charge in [-0.3, -0.25) is 9.36 Å². The van der Waals surface area contributed by atoms with E-state index in [1.165, 1.54) is 231 Å². The second-order valence-electron chi connectivity index (χ2n) is 19.5. The van der Waals surface area contributed by atoms with Crippen LogP contribution in [0.25, 0.3) is 0 Å². The van der Waals surface area contributed by atoms with Gasteiger partial charge in [0.25, 0.3) is 7.82 Å². The summed E-state index contributed by atoms with van der Waals surface area (Å²) < 4.78 is 26.9. The Balaban J connectivity index is 3.26. The van der Waals surface area contributed by atoms with Crippen molar-refractivity contribution < 1.29 is 37.6 Å². The highest BCUT2D eigenvalue weighted by Crippen LogP contribution is 2.38. The second-order valence-corrected chi connectivity index (χ2v) is 20.9. The van der Waals surface area contributed by atoms with E-state index in [1.54, 1.807) is 0 Å². The largest absolute Gasteiger partial charge is 0.756 e. The maximum absolute atomic E-state index is 12.0. The predicted molar refractivity (Wildman–Crippen MR) is 259 cm³/mol. The number of nitrogens with zero attached hydrogens (tertiary/aromatic N) is 1. The Labute approximate surface area is 379 Å². The van der Waals surface area contributed by atoms with E-state index in [0.717, 1.165) is 19.3 Å². The van der Waals surface area contributed by atoms with Gasteiger partial charge in [0.2, 0.25) is 0 Å². The Hall–Kier alpha value is -0.760. The summed E-state index contributed by atoms with van der Waals surface area (Å²) in [6.07, 6.45) is 57.4. The van der Waals surface area contributed by atoms with Gasteiger partial charge in [-0.25, -0.2) is 0 Å². The minimum absolute atomic E-state index is 0.00537. The summed E-state index contributed by atoms with van der Waals surface area (Å²) in [5, 5.41) is 9.91. The molecule has 9 heteroatoms. The van der Waals surface area contributed by atoms with Crippen LogP contribution >= 0.6 is 7.82 Å². The number of phosphoric acid groups is 1. The van der Waals surface area contributed by atoms with Crippen LogP contribution < -0.4 is 4.89 Å². The van der Waals surface area contributed by atoms with E-state index in [-0.39, 0.29) is 19.2 Å². The highest BCUT2D eigenvalue weighted by atomic mass is 31.2. The average Bonchev–Trinajstić information content (AvgIpc) is 3.22. The molecule has 0 aromatic carbocycles. The van der Waals surface area contributed by atoms with Crippen LogP contribution in [0.15, 0.2) is 12.2 Å². The van der Waals surface area contributed by atoms with Crippen molar-refractivity contribution in [3.63, 3.8) is 0 Å². The number of carbonyl (C=O) groups is 1. The molecule has 0 radical (unpaired) electrons.